The van der Waals surface area contributed by atoms with Crippen LogP contribution in [0.1, 0.15) is 41.9 Å². The summed E-state index contributed by atoms with van der Waals surface area (Å²) < 4.78 is 7.12. The highest BCUT2D eigenvalue weighted by molar-refractivity contribution is 6.01. The van der Waals surface area contributed by atoms with Crippen LogP contribution in [0.25, 0.3) is 10.9 Å². The van der Waals surface area contributed by atoms with Gasteiger partial charge in [0.25, 0.3) is 5.91 Å². The van der Waals surface area contributed by atoms with E-state index in [2.05, 4.69) is 16.0 Å². The lowest BCUT2D eigenvalue weighted by Crippen LogP contribution is -2.43. The second kappa shape index (κ2) is 11.5. The van der Waals surface area contributed by atoms with Crippen LogP contribution in [-0.2, 0) is 16.0 Å². The minimum atomic E-state index is -0.193. The highest BCUT2D eigenvalue weighted by atomic mass is 16.5. The predicted molar refractivity (Wildman–Crippen MR) is 144 cm³/mol. The molecular formula is C28H35N5O4. The Bertz CT molecular complexity index is 1280. The summed E-state index contributed by atoms with van der Waals surface area (Å²) >= 11 is 0. The van der Waals surface area contributed by atoms with Crippen molar-refractivity contribution in [1.29, 1.82) is 0 Å². The number of ether oxygens (including phenoxy) is 1. The van der Waals surface area contributed by atoms with Crippen molar-refractivity contribution in [2.24, 2.45) is 0 Å². The van der Waals surface area contributed by atoms with Crippen LogP contribution in [0.15, 0.2) is 48.5 Å². The number of aryl methyl sites for hydroxylation is 1. The Balaban J connectivity index is 1.44. The number of carbonyl (C=O) groups is 3. The average Bonchev–Trinajstić information content (AvgIpc) is 3.24. The average molecular weight is 506 g/mol. The first-order chi connectivity index (χ1) is 17.7. The summed E-state index contributed by atoms with van der Waals surface area (Å²) in [5.41, 5.74) is 3.11. The van der Waals surface area contributed by atoms with Gasteiger partial charge in [-0.1, -0.05) is 12.1 Å². The van der Waals surface area contributed by atoms with Crippen LogP contribution < -0.4 is 20.7 Å². The molecule has 0 radical (unpaired) electrons. The van der Waals surface area contributed by atoms with E-state index in [9.17, 15) is 14.4 Å². The summed E-state index contributed by atoms with van der Waals surface area (Å²) in [7, 11) is 5.56. The lowest BCUT2D eigenvalue weighted by molar-refractivity contribution is -0.122. The minimum Gasteiger partial charge on any atom is -0.497 e. The number of hydrogen-bond acceptors (Lipinski definition) is 5. The van der Waals surface area contributed by atoms with Gasteiger partial charge in [-0.15, -0.1) is 0 Å². The molecular weight excluding hydrogens is 470 g/mol. The highest BCUT2D eigenvalue weighted by Crippen LogP contribution is 2.30. The number of nitrogens with one attached hydrogen (secondary N) is 3. The lowest BCUT2D eigenvalue weighted by atomic mass is 10.1. The van der Waals surface area contributed by atoms with Crippen molar-refractivity contribution >= 4 is 34.3 Å². The molecule has 0 spiro atoms. The summed E-state index contributed by atoms with van der Waals surface area (Å²) in [6.45, 7) is 3.11. The highest BCUT2D eigenvalue weighted by Gasteiger charge is 2.29. The molecule has 0 saturated carbocycles. The molecule has 1 aromatic heterocycles. The van der Waals surface area contributed by atoms with E-state index in [1.54, 1.807) is 7.11 Å². The number of nitrogens with zero attached hydrogens (tertiary/aromatic N) is 2. The standard InChI is InChI=1S/C28H35N5O4/c1-18(17-32(2)3)30-27(35)15-22-16-29-28(36)25-14-20-13-21(8-11-24(20)33(22)25)31-26(34)12-7-19-5-9-23(37-4)10-6-19/h5-6,8-11,13-14,18,22H,7,12,15-17H2,1-4H3,(H,29,36)(H,30,35)(H,31,34). The number of amides is 3. The fraction of sp³-hybridized carbons (Fsp3) is 0.393. The number of anilines is 1. The van der Waals surface area contributed by atoms with E-state index in [0.717, 1.165) is 28.8 Å². The SMILES string of the molecule is COc1ccc(CCC(=O)Nc2ccc3c(c2)cc2n3C(CC(=O)NC(C)CN(C)C)CNC2=O)cc1. The number of benzene rings is 2. The first-order valence-corrected chi connectivity index (χ1v) is 12.5. The smallest absolute Gasteiger partial charge is 0.268 e. The number of hydrogen-bond donors (Lipinski definition) is 3. The molecule has 3 N–H and O–H groups in total. The molecule has 1 aliphatic rings. The third kappa shape index (κ3) is 6.48. The molecule has 0 saturated heterocycles. The monoisotopic (exact) mass is 505 g/mol. The maximum atomic E-state index is 12.7. The number of carbonyl (C=O) groups excluding carboxylic acids is 3. The first-order valence-electron chi connectivity index (χ1n) is 12.5. The molecule has 2 aromatic carbocycles. The van der Waals surface area contributed by atoms with Crippen LogP contribution in [0.2, 0.25) is 0 Å². The molecule has 3 aromatic rings. The molecule has 4 rings (SSSR count). The van der Waals surface area contributed by atoms with Gasteiger partial charge in [-0.05, 0) is 69.4 Å². The molecule has 0 bridgehead atoms. The van der Waals surface area contributed by atoms with Gasteiger partial charge < -0.3 is 30.2 Å². The van der Waals surface area contributed by atoms with Gasteiger partial charge in [-0.25, -0.2) is 0 Å². The van der Waals surface area contributed by atoms with Crippen molar-refractivity contribution in [3.8, 4) is 5.75 Å². The second-order valence-corrected chi connectivity index (χ2v) is 9.87. The van der Waals surface area contributed by atoms with E-state index >= 15 is 0 Å². The predicted octanol–water partition coefficient (Wildman–Crippen LogP) is 2.96. The van der Waals surface area contributed by atoms with Gasteiger partial charge in [0.2, 0.25) is 11.8 Å². The van der Waals surface area contributed by atoms with Gasteiger partial charge in [-0.2, -0.15) is 0 Å². The van der Waals surface area contributed by atoms with Crippen LogP contribution in [0.3, 0.4) is 0 Å². The van der Waals surface area contributed by atoms with Crippen molar-refractivity contribution in [3.05, 3.63) is 59.8 Å². The molecule has 9 nitrogen and oxygen atoms in total. The van der Waals surface area contributed by atoms with E-state index in [-0.39, 0.29) is 36.2 Å². The van der Waals surface area contributed by atoms with Crippen LogP contribution in [-0.4, -0.2) is 67.5 Å². The molecule has 0 aliphatic carbocycles. The maximum absolute atomic E-state index is 12.7. The van der Waals surface area contributed by atoms with Gasteiger partial charge in [0.05, 0.1) is 13.2 Å². The number of likely N-dealkylation sites (N-methyl/N-ethyl adjacent to an activating group) is 1. The summed E-state index contributed by atoms with van der Waals surface area (Å²) in [6.07, 6.45) is 1.23. The number of methoxy groups -OCH3 is 1. The van der Waals surface area contributed by atoms with Gasteiger partial charge in [-0.3, -0.25) is 14.4 Å². The maximum Gasteiger partial charge on any atom is 0.268 e. The Hall–Kier alpha value is -3.85. The summed E-state index contributed by atoms with van der Waals surface area (Å²) in [4.78, 5) is 39.9. The zero-order valence-electron chi connectivity index (χ0n) is 21.8. The summed E-state index contributed by atoms with van der Waals surface area (Å²) in [5, 5.41) is 9.74. The summed E-state index contributed by atoms with van der Waals surface area (Å²) in [5.74, 6) is 0.480. The van der Waals surface area contributed by atoms with Gasteiger partial charge >= 0.3 is 0 Å². The zero-order valence-corrected chi connectivity index (χ0v) is 21.8. The fourth-order valence-corrected chi connectivity index (χ4v) is 4.85. The Morgan fingerprint density at radius 1 is 1.14 bits per heavy atom. The Morgan fingerprint density at radius 2 is 1.89 bits per heavy atom. The van der Waals surface area contributed by atoms with Crippen molar-refractivity contribution in [3.63, 3.8) is 0 Å². The Kier molecular flexibility index (Phi) is 8.13. The molecule has 2 unspecified atom stereocenters. The second-order valence-electron chi connectivity index (χ2n) is 9.87. The fourth-order valence-electron chi connectivity index (χ4n) is 4.85. The van der Waals surface area contributed by atoms with Crippen molar-refractivity contribution in [1.82, 2.24) is 20.1 Å². The third-order valence-electron chi connectivity index (χ3n) is 6.49. The molecule has 2 atom stereocenters. The number of rotatable bonds is 10. The van der Waals surface area contributed by atoms with E-state index in [4.69, 9.17) is 4.74 Å². The molecule has 196 valence electrons. The molecule has 0 fully saturated rings. The van der Waals surface area contributed by atoms with Gasteiger partial charge in [0.1, 0.15) is 11.4 Å². The largest absolute Gasteiger partial charge is 0.497 e. The Labute approximate surface area is 217 Å². The molecule has 2 heterocycles. The van der Waals surface area contributed by atoms with E-state index in [0.29, 0.717) is 30.8 Å². The molecule has 37 heavy (non-hydrogen) atoms. The summed E-state index contributed by atoms with van der Waals surface area (Å²) in [6, 6.07) is 14.9. The van der Waals surface area contributed by atoms with E-state index in [1.165, 1.54) is 0 Å². The Morgan fingerprint density at radius 3 is 2.59 bits per heavy atom. The van der Waals surface area contributed by atoms with Crippen LogP contribution in [0, 0.1) is 0 Å². The van der Waals surface area contributed by atoms with E-state index in [1.807, 2.05) is 79.0 Å². The third-order valence-corrected chi connectivity index (χ3v) is 6.49. The van der Waals surface area contributed by atoms with Crippen molar-refractivity contribution in [2.45, 2.75) is 38.3 Å². The quantitative estimate of drug-likeness (QED) is 0.393. The zero-order chi connectivity index (χ0) is 26.5. The van der Waals surface area contributed by atoms with Crippen molar-refractivity contribution < 1.29 is 19.1 Å². The first kappa shape index (κ1) is 26.2. The van der Waals surface area contributed by atoms with Crippen LogP contribution in [0.4, 0.5) is 5.69 Å². The topological polar surface area (TPSA) is 105 Å². The van der Waals surface area contributed by atoms with Gasteiger partial charge in [0, 0.05) is 48.6 Å². The van der Waals surface area contributed by atoms with Gasteiger partial charge in [0.15, 0.2) is 0 Å². The molecule has 3 amide bonds. The minimum absolute atomic E-state index is 0.0254. The van der Waals surface area contributed by atoms with Crippen LogP contribution in [0.5, 0.6) is 5.75 Å². The van der Waals surface area contributed by atoms with Crippen molar-refractivity contribution in [2.75, 3.05) is 39.6 Å². The number of fused-ring (bicyclic) bond motifs is 3. The lowest BCUT2D eigenvalue weighted by Gasteiger charge is -2.28. The number of aromatic nitrogens is 1. The molecule has 1 aliphatic heterocycles. The molecule has 9 heteroatoms. The normalized spacial score (nSPS) is 15.7. The van der Waals surface area contributed by atoms with E-state index < -0.39 is 0 Å². The van der Waals surface area contributed by atoms with Crippen LogP contribution >= 0.6 is 0 Å².